The van der Waals surface area contributed by atoms with E-state index >= 15 is 0 Å². The van der Waals surface area contributed by atoms with Crippen LogP contribution in [0.15, 0.2) is 58.1 Å². The van der Waals surface area contributed by atoms with Gasteiger partial charge in [0, 0.05) is 24.0 Å². The van der Waals surface area contributed by atoms with Gasteiger partial charge in [-0.15, -0.1) is 0 Å². The monoisotopic (exact) mass is 438 g/mol. The Hall–Kier alpha value is -3.39. The first-order valence-electron chi connectivity index (χ1n) is 9.65. The molecule has 0 unspecified atom stereocenters. The van der Waals surface area contributed by atoms with Crippen LogP contribution in [0.2, 0.25) is 0 Å². The topological polar surface area (TPSA) is 79.6 Å². The number of halogens is 1. The van der Waals surface area contributed by atoms with E-state index in [1.54, 1.807) is 12.3 Å². The second-order valence-corrected chi connectivity index (χ2v) is 8.17. The predicted octanol–water partition coefficient (Wildman–Crippen LogP) is 4.28. The summed E-state index contributed by atoms with van der Waals surface area (Å²) in [5.74, 6) is -1.03. The summed E-state index contributed by atoms with van der Waals surface area (Å²) < 4.78 is 18.5. The van der Waals surface area contributed by atoms with Crippen molar-refractivity contribution in [1.29, 1.82) is 0 Å². The number of carbonyl (C=O) groups is 3. The van der Waals surface area contributed by atoms with Crippen molar-refractivity contribution in [3.05, 3.63) is 76.1 Å². The van der Waals surface area contributed by atoms with Crippen molar-refractivity contribution in [3.63, 3.8) is 0 Å². The number of hydrogen-bond donors (Lipinski definition) is 1. The summed E-state index contributed by atoms with van der Waals surface area (Å²) in [7, 11) is 0. The van der Waals surface area contributed by atoms with Gasteiger partial charge in [-0.25, -0.2) is 4.39 Å². The first-order valence-corrected chi connectivity index (χ1v) is 10.5. The van der Waals surface area contributed by atoms with E-state index in [1.807, 2.05) is 25.1 Å². The van der Waals surface area contributed by atoms with Crippen molar-refractivity contribution in [2.24, 2.45) is 0 Å². The van der Waals surface area contributed by atoms with Gasteiger partial charge >= 0.3 is 0 Å². The van der Waals surface area contributed by atoms with Gasteiger partial charge in [-0.1, -0.05) is 24.3 Å². The summed E-state index contributed by atoms with van der Waals surface area (Å²) in [5.41, 5.74) is 3.21. The molecule has 3 aromatic rings. The lowest BCUT2D eigenvalue weighted by molar-refractivity contribution is -0.124. The molecule has 2 heterocycles. The van der Waals surface area contributed by atoms with Gasteiger partial charge in [-0.2, -0.15) is 0 Å². The van der Waals surface area contributed by atoms with Crippen LogP contribution in [0, 0.1) is 12.7 Å². The molecule has 3 amide bonds. The fraction of sp³-hybridized carbons (Fsp3) is 0.174. The molecule has 1 aliphatic rings. The number of imide groups is 1. The molecule has 1 fully saturated rings. The Labute approximate surface area is 182 Å². The summed E-state index contributed by atoms with van der Waals surface area (Å²) in [5, 5.41) is 3.23. The predicted molar refractivity (Wildman–Crippen MR) is 117 cm³/mol. The third-order valence-electron chi connectivity index (χ3n) is 4.86. The van der Waals surface area contributed by atoms with Crippen molar-refractivity contribution >= 4 is 45.9 Å². The van der Waals surface area contributed by atoms with Crippen LogP contribution in [-0.4, -0.2) is 35.0 Å². The zero-order valence-corrected chi connectivity index (χ0v) is 17.5. The van der Waals surface area contributed by atoms with Gasteiger partial charge in [0.1, 0.15) is 11.4 Å². The van der Waals surface area contributed by atoms with Crippen molar-refractivity contribution in [1.82, 2.24) is 10.2 Å². The molecule has 6 nitrogen and oxygen atoms in total. The molecule has 158 valence electrons. The minimum absolute atomic E-state index is 0.0719. The van der Waals surface area contributed by atoms with Crippen LogP contribution in [0.1, 0.15) is 16.7 Å². The maximum absolute atomic E-state index is 13.0. The number of rotatable bonds is 6. The van der Waals surface area contributed by atoms with Crippen LogP contribution in [-0.2, 0) is 16.0 Å². The fourth-order valence-electron chi connectivity index (χ4n) is 3.27. The van der Waals surface area contributed by atoms with E-state index in [-0.39, 0.29) is 36.1 Å². The fourth-order valence-corrected chi connectivity index (χ4v) is 4.14. The highest BCUT2D eigenvalue weighted by atomic mass is 32.2. The van der Waals surface area contributed by atoms with Crippen LogP contribution < -0.4 is 5.32 Å². The summed E-state index contributed by atoms with van der Waals surface area (Å²) in [6, 6.07) is 11.4. The van der Waals surface area contributed by atoms with E-state index in [1.165, 1.54) is 24.3 Å². The molecule has 0 bridgehead atoms. The highest BCUT2D eigenvalue weighted by molar-refractivity contribution is 8.18. The molecule has 1 aromatic heterocycles. The average Bonchev–Trinajstić information content (AvgIpc) is 3.24. The molecule has 0 aliphatic carbocycles. The van der Waals surface area contributed by atoms with Crippen LogP contribution in [0.3, 0.4) is 0 Å². The molecular formula is C23H19FN2O4S. The Morgan fingerprint density at radius 3 is 2.74 bits per heavy atom. The minimum Gasteiger partial charge on any atom is -0.464 e. The molecule has 0 atom stereocenters. The van der Waals surface area contributed by atoms with E-state index in [0.29, 0.717) is 5.56 Å². The van der Waals surface area contributed by atoms with Gasteiger partial charge in [-0.05, 0) is 54.1 Å². The zero-order chi connectivity index (χ0) is 22.0. The van der Waals surface area contributed by atoms with E-state index in [0.717, 1.165) is 38.8 Å². The minimum atomic E-state index is -0.426. The number of amides is 3. The molecule has 0 saturated carbocycles. The summed E-state index contributed by atoms with van der Waals surface area (Å²) >= 11 is 0.826. The maximum Gasteiger partial charge on any atom is 0.293 e. The highest BCUT2D eigenvalue weighted by Gasteiger charge is 2.34. The van der Waals surface area contributed by atoms with Gasteiger partial charge in [0.25, 0.3) is 11.1 Å². The standard InChI is InChI=1S/C23H19FN2O4S/c1-14-2-7-18-16(13-30-19(18)10-14)12-21(27)25-8-9-26-22(28)20(31-23(26)29)11-15-3-5-17(24)6-4-15/h2-7,10-11,13H,8-9,12H2,1H3,(H,25,27)/b20-11-. The lowest BCUT2D eigenvalue weighted by Crippen LogP contribution is -2.37. The van der Waals surface area contributed by atoms with E-state index < -0.39 is 11.1 Å². The Morgan fingerprint density at radius 1 is 1.19 bits per heavy atom. The molecule has 2 aromatic carbocycles. The Kier molecular flexibility index (Phi) is 5.90. The Bertz CT molecular complexity index is 1200. The normalized spacial score (nSPS) is 15.3. The molecule has 1 aliphatic heterocycles. The second kappa shape index (κ2) is 8.77. The highest BCUT2D eigenvalue weighted by Crippen LogP contribution is 2.32. The lowest BCUT2D eigenvalue weighted by atomic mass is 10.1. The molecule has 8 heteroatoms. The number of aryl methyl sites for hydroxylation is 1. The number of nitrogens with one attached hydrogen (secondary N) is 1. The molecule has 31 heavy (non-hydrogen) atoms. The van der Waals surface area contributed by atoms with Gasteiger partial charge in [0.05, 0.1) is 17.6 Å². The SMILES string of the molecule is Cc1ccc2c(CC(=O)NCCN3C(=O)S/C(=C\c4ccc(F)cc4)C3=O)coc2c1. The van der Waals surface area contributed by atoms with Crippen molar-refractivity contribution in [2.45, 2.75) is 13.3 Å². The molecule has 4 rings (SSSR count). The third kappa shape index (κ3) is 4.69. The largest absolute Gasteiger partial charge is 0.464 e. The van der Waals surface area contributed by atoms with Gasteiger partial charge in [-0.3, -0.25) is 19.3 Å². The first kappa shape index (κ1) is 20.9. The van der Waals surface area contributed by atoms with E-state index in [9.17, 15) is 18.8 Å². The molecule has 0 radical (unpaired) electrons. The number of thioether (sulfide) groups is 1. The number of carbonyl (C=O) groups excluding carboxylic acids is 3. The zero-order valence-electron chi connectivity index (χ0n) is 16.7. The second-order valence-electron chi connectivity index (χ2n) is 7.17. The van der Waals surface area contributed by atoms with Crippen LogP contribution >= 0.6 is 11.8 Å². The molecular weight excluding hydrogens is 419 g/mol. The Morgan fingerprint density at radius 2 is 1.97 bits per heavy atom. The number of nitrogens with zero attached hydrogens (tertiary/aromatic N) is 1. The van der Waals surface area contributed by atoms with Crippen molar-refractivity contribution < 1.29 is 23.2 Å². The smallest absolute Gasteiger partial charge is 0.293 e. The maximum atomic E-state index is 13.0. The molecule has 1 saturated heterocycles. The van der Waals surface area contributed by atoms with Gasteiger partial charge in [0.15, 0.2) is 0 Å². The van der Waals surface area contributed by atoms with Crippen molar-refractivity contribution in [2.75, 3.05) is 13.1 Å². The van der Waals surface area contributed by atoms with Gasteiger partial charge in [0.2, 0.25) is 5.91 Å². The van der Waals surface area contributed by atoms with E-state index in [2.05, 4.69) is 5.32 Å². The van der Waals surface area contributed by atoms with Crippen LogP contribution in [0.4, 0.5) is 9.18 Å². The number of furan rings is 1. The number of fused-ring (bicyclic) bond motifs is 1. The quantitative estimate of drug-likeness (QED) is 0.582. The first-order chi connectivity index (χ1) is 14.9. The molecule has 1 N–H and O–H groups in total. The van der Waals surface area contributed by atoms with Gasteiger partial charge < -0.3 is 9.73 Å². The van der Waals surface area contributed by atoms with Crippen LogP contribution in [0.25, 0.3) is 17.0 Å². The Balaban J connectivity index is 1.32. The van der Waals surface area contributed by atoms with Crippen molar-refractivity contribution in [3.8, 4) is 0 Å². The van der Waals surface area contributed by atoms with Crippen LogP contribution in [0.5, 0.6) is 0 Å². The molecule has 0 spiro atoms. The lowest BCUT2D eigenvalue weighted by Gasteiger charge is -2.12. The average molecular weight is 438 g/mol. The number of hydrogen-bond acceptors (Lipinski definition) is 5. The third-order valence-corrected chi connectivity index (χ3v) is 5.77. The van der Waals surface area contributed by atoms with E-state index in [4.69, 9.17) is 4.42 Å². The summed E-state index contributed by atoms with van der Waals surface area (Å²) in [6.07, 6.45) is 3.26. The summed E-state index contributed by atoms with van der Waals surface area (Å²) in [6.45, 7) is 2.19. The number of benzene rings is 2. The summed E-state index contributed by atoms with van der Waals surface area (Å²) in [4.78, 5) is 38.4.